The van der Waals surface area contributed by atoms with Crippen LogP contribution >= 0.6 is 0 Å². The van der Waals surface area contributed by atoms with Crippen molar-refractivity contribution >= 4 is 29.1 Å². The van der Waals surface area contributed by atoms with E-state index in [1.807, 2.05) is 24.3 Å². The molecule has 6 heteroatoms. The number of amides is 3. The van der Waals surface area contributed by atoms with Crippen molar-refractivity contribution in [2.45, 2.75) is 12.3 Å². The summed E-state index contributed by atoms with van der Waals surface area (Å²) in [5, 5.41) is 5.48. The van der Waals surface area contributed by atoms with Gasteiger partial charge in [0, 0.05) is 23.4 Å². The zero-order valence-corrected chi connectivity index (χ0v) is 12.2. The Labute approximate surface area is 132 Å². The molecule has 4 N–H and O–H groups in total. The fraction of sp³-hybridized carbons (Fsp3) is 0.118. The van der Waals surface area contributed by atoms with E-state index in [1.165, 1.54) is 12.1 Å². The van der Waals surface area contributed by atoms with E-state index in [-0.39, 0.29) is 18.2 Å². The largest absolute Gasteiger partial charge is 0.366 e. The van der Waals surface area contributed by atoms with Crippen LogP contribution < -0.4 is 16.4 Å². The van der Waals surface area contributed by atoms with Crippen molar-refractivity contribution in [1.29, 1.82) is 0 Å². The summed E-state index contributed by atoms with van der Waals surface area (Å²) in [6.07, 6.45) is 0.0560. The number of carbonyl (C=O) groups excluding carboxylic acids is 3. The van der Waals surface area contributed by atoms with Gasteiger partial charge in [-0.3, -0.25) is 14.4 Å². The highest BCUT2D eigenvalue weighted by Gasteiger charge is 2.31. The number of primary amides is 1. The van der Waals surface area contributed by atoms with Crippen LogP contribution in [0.25, 0.3) is 0 Å². The smallest absolute Gasteiger partial charge is 0.248 e. The SMILES string of the molecule is NC(=O)c1ccc(NC(=O)CC2C(=O)Nc3ccccc32)cc1. The monoisotopic (exact) mass is 309 g/mol. The third-order valence-electron chi connectivity index (χ3n) is 3.75. The molecule has 0 bridgehead atoms. The number of hydrogen-bond acceptors (Lipinski definition) is 3. The normalized spacial score (nSPS) is 15.7. The molecule has 0 aromatic heterocycles. The second-order valence-electron chi connectivity index (χ2n) is 5.32. The highest BCUT2D eigenvalue weighted by atomic mass is 16.2. The molecule has 3 amide bonds. The molecule has 0 saturated heterocycles. The Morgan fingerprint density at radius 1 is 1.09 bits per heavy atom. The van der Waals surface area contributed by atoms with E-state index in [1.54, 1.807) is 12.1 Å². The molecule has 1 heterocycles. The maximum atomic E-state index is 12.2. The Hall–Kier alpha value is -3.15. The van der Waals surface area contributed by atoms with Gasteiger partial charge in [0.25, 0.3) is 0 Å². The van der Waals surface area contributed by atoms with Gasteiger partial charge in [0.05, 0.1) is 5.92 Å². The quantitative estimate of drug-likeness (QED) is 0.803. The van der Waals surface area contributed by atoms with Crippen LogP contribution in [0.3, 0.4) is 0 Å². The number of para-hydroxylation sites is 1. The van der Waals surface area contributed by atoms with Crippen LogP contribution in [0.1, 0.15) is 28.3 Å². The Balaban J connectivity index is 1.68. The molecule has 0 aliphatic carbocycles. The molecule has 6 nitrogen and oxygen atoms in total. The molecular weight excluding hydrogens is 294 g/mol. The van der Waals surface area contributed by atoms with E-state index >= 15 is 0 Å². The summed E-state index contributed by atoms with van der Waals surface area (Å²) < 4.78 is 0. The Kier molecular flexibility index (Phi) is 3.80. The second kappa shape index (κ2) is 5.92. The minimum Gasteiger partial charge on any atom is -0.366 e. The van der Waals surface area contributed by atoms with Crippen LogP contribution in [-0.4, -0.2) is 17.7 Å². The molecule has 23 heavy (non-hydrogen) atoms. The Morgan fingerprint density at radius 2 is 1.78 bits per heavy atom. The van der Waals surface area contributed by atoms with Crippen LogP contribution in [0.4, 0.5) is 11.4 Å². The molecule has 0 spiro atoms. The van der Waals surface area contributed by atoms with Gasteiger partial charge in [-0.2, -0.15) is 0 Å². The summed E-state index contributed by atoms with van der Waals surface area (Å²) >= 11 is 0. The zero-order chi connectivity index (χ0) is 16.4. The van der Waals surface area contributed by atoms with Crippen molar-refractivity contribution in [3.05, 3.63) is 59.7 Å². The van der Waals surface area contributed by atoms with Crippen molar-refractivity contribution in [3.8, 4) is 0 Å². The lowest BCUT2D eigenvalue weighted by atomic mass is 9.97. The van der Waals surface area contributed by atoms with Gasteiger partial charge in [0.1, 0.15) is 0 Å². The van der Waals surface area contributed by atoms with Gasteiger partial charge < -0.3 is 16.4 Å². The first kappa shape index (κ1) is 14.8. The van der Waals surface area contributed by atoms with E-state index in [9.17, 15) is 14.4 Å². The fourth-order valence-corrected chi connectivity index (χ4v) is 2.59. The van der Waals surface area contributed by atoms with Crippen LogP contribution in [0.15, 0.2) is 48.5 Å². The first-order valence-corrected chi connectivity index (χ1v) is 7.14. The molecule has 3 rings (SSSR count). The first-order valence-electron chi connectivity index (χ1n) is 7.14. The number of nitrogens with one attached hydrogen (secondary N) is 2. The summed E-state index contributed by atoms with van der Waals surface area (Å²) in [6.45, 7) is 0. The average molecular weight is 309 g/mol. The van der Waals surface area contributed by atoms with Crippen molar-refractivity contribution in [1.82, 2.24) is 0 Å². The summed E-state index contributed by atoms with van der Waals surface area (Å²) in [7, 11) is 0. The molecule has 2 aromatic carbocycles. The van der Waals surface area contributed by atoms with Gasteiger partial charge in [0.2, 0.25) is 17.7 Å². The number of nitrogens with two attached hydrogens (primary N) is 1. The topological polar surface area (TPSA) is 101 Å². The molecule has 1 aliphatic heterocycles. The highest BCUT2D eigenvalue weighted by Crippen LogP contribution is 2.34. The van der Waals surface area contributed by atoms with E-state index in [0.717, 1.165) is 11.3 Å². The van der Waals surface area contributed by atoms with E-state index < -0.39 is 11.8 Å². The summed E-state index contributed by atoms with van der Waals surface area (Å²) in [5.74, 6) is -1.46. The summed E-state index contributed by atoms with van der Waals surface area (Å²) in [6, 6.07) is 13.6. The third-order valence-corrected chi connectivity index (χ3v) is 3.75. The van der Waals surface area contributed by atoms with Gasteiger partial charge in [-0.15, -0.1) is 0 Å². The number of rotatable bonds is 4. The van der Waals surface area contributed by atoms with Crippen LogP contribution in [0, 0.1) is 0 Å². The van der Waals surface area contributed by atoms with Gasteiger partial charge in [-0.05, 0) is 35.9 Å². The second-order valence-corrected chi connectivity index (χ2v) is 5.32. The number of carbonyl (C=O) groups is 3. The average Bonchev–Trinajstić information content (AvgIpc) is 2.84. The van der Waals surface area contributed by atoms with E-state index in [2.05, 4.69) is 10.6 Å². The minimum atomic E-state index is -0.526. The molecule has 0 saturated carbocycles. The van der Waals surface area contributed by atoms with Crippen molar-refractivity contribution in [2.24, 2.45) is 5.73 Å². The first-order chi connectivity index (χ1) is 11.0. The fourth-order valence-electron chi connectivity index (χ4n) is 2.59. The molecule has 1 unspecified atom stereocenters. The van der Waals surface area contributed by atoms with Gasteiger partial charge in [-0.25, -0.2) is 0 Å². The van der Waals surface area contributed by atoms with Crippen LogP contribution in [0.5, 0.6) is 0 Å². The van der Waals surface area contributed by atoms with E-state index in [0.29, 0.717) is 11.3 Å². The van der Waals surface area contributed by atoms with Gasteiger partial charge >= 0.3 is 0 Å². The summed E-state index contributed by atoms with van der Waals surface area (Å²) in [4.78, 5) is 35.2. The third kappa shape index (κ3) is 3.06. The van der Waals surface area contributed by atoms with Crippen LogP contribution in [0.2, 0.25) is 0 Å². The maximum absolute atomic E-state index is 12.2. The van der Waals surface area contributed by atoms with Crippen molar-refractivity contribution < 1.29 is 14.4 Å². The van der Waals surface area contributed by atoms with Crippen LogP contribution in [-0.2, 0) is 9.59 Å². The molecule has 1 aliphatic rings. The lowest BCUT2D eigenvalue weighted by Crippen LogP contribution is -2.20. The number of fused-ring (bicyclic) bond motifs is 1. The minimum absolute atomic E-state index is 0.0560. The molecule has 0 radical (unpaired) electrons. The predicted octanol–water partition coefficient (Wildman–Crippen LogP) is 1.85. The molecule has 1 atom stereocenters. The number of anilines is 2. The summed E-state index contributed by atoms with van der Waals surface area (Å²) in [5.41, 5.74) is 7.66. The molecular formula is C17H15N3O3. The van der Waals surface area contributed by atoms with Crippen molar-refractivity contribution in [2.75, 3.05) is 10.6 Å². The number of benzene rings is 2. The van der Waals surface area contributed by atoms with Gasteiger partial charge in [0.15, 0.2) is 0 Å². The predicted molar refractivity (Wildman–Crippen MR) is 86.0 cm³/mol. The molecule has 116 valence electrons. The Morgan fingerprint density at radius 3 is 2.48 bits per heavy atom. The lowest BCUT2D eigenvalue weighted by molar-refractivity contribution is -0.122. The molecule has 0 fully saturated rings. The number of hydrogen-bond donors (Lipinski definition) is 3. The highest BCUT2D eigenvalue weighted by molar-refractivity contribution is 6.06. The lowest BCUT2D eigenvalue weighted by Gasteiger charge is -2.10. The standard InChI is InChI=1S/C17H15N3O3/c18-16(22)10-5-7-11(8-6-10)19-15(21)9-13-12-3-1-2-4-14(12)20-17(13)23/h1-8,13H,9H2,(H2,18,22)(H,19,21)(H,20,23). The van der Waals surface area contributed by atoms with E-state index in [4.69, 9.17) is 5.73 Å². The van der Waals surface area contributed by atoms with Gasteiger partial charge in [-0.1, -0.05) is 18.2 Å². The maximum Gasteiger partial charge on any atom is 0.248 e. The zero-order valence-electron chi connectivity index (χ0n) is 12.2. The van der Waals surface area contributed by atoms with Crippen molar-refractivity contribution in [3.63, 3.8) is 0 Å². The molecule has 2 aromatic rings. The Bertz CT molecular complexity index is 784.